The molecular weight excluding hydrogens is 314 g/mol. The van der Waals surface area contributed by atoms with E-state index in [1.165, 1.54) is 35.9 Å². The summed E-state index contributed by atoms with van der Waals surface area (Å²) >= 11 is 1.40. The molecule has 2 heterocycles. The first-order valence-corrected chi connectivity index (χ1v) is 9.13. The summed E-state index contributed by atoms with van der Waals surface area (Å²) in [5.41, 5.74) is 0. The lowest BCUT2D eigenvalue weighted by Crippen LogP contribution is -2.39. The van der Waals surface area contributed by atoms with Crippen LogP contribution in [-0.4, -0.2) is 49.9 Å². The van der Waals surface area contributed by atoms with E-state index in [2.05, 4.69) is 20.1 Å². The van der Waals surface area contributed by atoms with E-state index >= 15 is 0 Å². The van der Waals surface area contributed by atoms with Crippen LogP contribution in [0.2, 0.25) is 0 Å². The Hall–Kier alpha value is -1.57. The Labute approximate surface area is 140 Å². The van der Waals surface area contributed by atoms with Crippen molar-refractivity contribution in [2.45, 2.75) is 62.4 Å². The van der Waals surface area contributed by atoms with Crippen LogP contribution in [0.3, 0.4) is 0 Å². The number of rotatable bonds is 4. The number of thioether (sulfide) groups is 1. The molecule has 1 aromatic heterocycles. The lowest BCUT2D eigenvalue weighted by molar-refractivity contribution is -0.126. The molecular formula is C15H23N5O2S. The van der Waals surface area contributed by atoms with Gasteiger partial charge in [-0.25, -0.2) is 4.79 Å². The van der Waals surface area contributed by atoms with Crippen molar-refractivity contribution < 1.29 is 9.59 Å². The van der Waals surface area contributed by atoms with E-state index in [1.807, 2.05) is 13.8 Å². The summed E-state index contributed by atoms with van der Waals surface area (Å²) in [5, 5.41) is 11.6. The van der Waals surface area contributed by atoms with Gasteiger partial charge in [-0.2, -0.15) is 0 Å². The maximum atomic E-state index is 12.4. The number of nitrogens with one attached hydrogen (secondary N) is 1. The van der Waals surface area contributed by atoms with Gasteiger partial charge in [0.1, 0.15) is 5.82 Å². The standard InChI is InChI=1S/C15H23N5O2S/c1-10(13(21)19-9-8-16-14(19)22)23-15-18-17-11(2)20(15)12-6-4-3-5-7-12/h10,12H,3-9H2,1-2H3,(H,16,22)/t10-/m0/s1. The van der Waals surface area contributed by atoms with E-state index in [1.54, 1.807) is 0 Å². The second-order valence-electron chi connectivity index (χ2n) is 6.17. The number of urea groups is 1. The van der Waals surface area contributed by atoms with Crippen molar-refractivity contribution >= 4 is 23.7 Å². The molecule has 126 valence electrons. The van der Waals surface area contributed by atoms with Crippen LogP contribution in [0.25, 0.3) is 0 Å². The second kappa shape index (κ2) is 6.90. The summed E-state index contributed by atoms with van der Waals surface area (Å²) in [6.07, 6.45) is 6.04. The smallest absolute Gasteiger partial charge is 0.324 e. The molecule has 1 aromatic rings. The third-order valence-electron chi connectivity index (χ3n) is 4.53. The molecule has 1 N–H and O–H groups in total. The number of imide groups is 1. The number of carbonyl (C=O) groups excluding carboxylic acids is 2. The Morgan fingerprint density at radius 2 is 2.04 bits per heavy atom. The summed E-state index contributed by atoms with van der Waals surface area (Å²) in [4.78, 5) is 25.4. The average molecular weight is 337 g/mol. The topological polar surface area (TPSA) is 80.1 Å². The van der Waals surface area contributed by atoms with Crippen molar-refractivity contribution in [1.82, 2.24) is 25.0 Å². The normalized spacial score (nSPS) is 20.6. The minimum atomic E-state index is -0.357. The zero-order valence-electron chi connectivity index (χ0n) is 13.6. The van der Waals surface area contributed by atoms with Crippen LogP contribution in [0.15, 0.2) is 5.16 Å². The lowest BCUT2D eigenvalue weighted by Gasteiger charge is -2.25. The van der Waals surface area contributed by atoms with Crippen molar-refractivity contribution in [1.29, 1.82) is 0 Å². The highest BCUT2D eigenvalue weighted by atomic mass is 32.2. The molecule has 2 aliphatic rings. The quantitative estimate of drug-likeness (QED) is 0.851. The van der Waals surface area contributed by atoms with Crippen LogP contribution in [0.1, 0.15) is 50.9 Å². The van der Waals surface area contributed by atoms with Crippen LogP contribution in [0.4, 0.5) is 4.79 Å². The number of hydrogen-bond donors (Lipinski definition) is 1. The molecule has 1 saturated heterocycles. The maximum Gasteiger partial charge on any atom is 0.324 e. The highest BCUT2D eigenvalue weighted by Gasteiger charge is 2.31. The lowest BCUT2D eigenvalue weighted by atomic mass is 9.95. The largest absolute Gasteiger partial charge is 0.336 e. The summed E-state index contributed by atoms with van der Waals surface area (Å²) < 4.78 is 2.18. The Kier molecular flexibility index (Phi) is 4.89. The number of aryl methyl sites for hydroxylation is 1. The van der Waals surface area contributed by atoms with Gasteiger partial charge in [0.2, 0.25) is 5.91 Å². The van der Waals surface area contributed by atoms with Gasteiger partial charge in [-0.1, -0.05) is 31.0 Å². The Balaban J connectivity index is 1.72. The number of nitrogens with zero attached hydrogens (tertiary/aromatic N) is 4. The van der Waals surface area contributed by atoms with Crippen LogP contribution in [-0.2, 0) is 4.79 Å². The summed E-state index contributed by atoms with van der Waals surface area (Å²) in [6.45, 7) is 4.76. The molecule has 2 fully saturated rings. The molecule has 1 atom stereocenters. The fourth-order valence-electron chi connectivity index (χ4n) is 3.30. The molecule has 3 rings (SSSR count). The molecule has 0 aromatic carbocycles. The van der Waals surface area contributed by atoms with Gasteiger partial charge < -0.3 is 9.88 Å². The van der Waals surface area contributed by atoms with E-state index < -0.39 is 0 Å². The molecule has 1 saturated carbocycles. The van der Waals surface area contributed by atoms with Crippen LogP contribution >= 0.6 is 11.8 Å². The molecule has 0 bridgehead atoms. The van der Waals surface area contributed by atoms with Gasteiger partial charge in [-0.3, -0.25) is 9.69 Å². The van der Waals surface area contributed by atoms with Gasteiger partial charge in [-0.05, 0) is 26.7 Å². The summed E-state index contributed by atoms with van der Waals surface area (Å²) in [7, 11) is 0. The van der Waals surface area contributed by atoms with Gasteiger partial charge in [0.05, 0.1) is 5.25 Å². The number of aromatic nitrogens is 3. The number of hydrogen-bond acceptors (Lipinski definition) is 5. The molecule has 23 heavy (non-hydrogen) atoms. The van der Waals surface area contributed by atoms with Crippen molar-refractivity contribution in [2.75, 3.05) is 13.1 Å². The van der Waals surface area contributed by atoms with Gasteiger partial charge >= 0.3 is 6.03 Å². The van der Waals surface area contributed by atoms with E-state index in [9.17, 15) is 9.59 Å². The highest BCUT2D eigenvalue weighted by Crippen LogP contribution is 2.33. The minimum absolute atomic E-state index is 0.166. The summed E-state index contributed by atoms with van der Waals surface area (Å²) in [5.74, 6) is 0.735. The highest BCUT2D eigenvalue weighted by molar-refractivity contribution is 8.00. The summed E-state index contributed by atoms with van der Waals surface area (Å²) in [6, 6.07) is 0.131. The van der Waals surface area contributed by atoms with Gasteiger partial charge in [0, 0.05) is 19.1 Å². The minimum Gasteiger partial charge on any atom is -0.336 e. The van der Waals surface area contributed by atoms with Gasteiger partial charge in [0.15, 0.2) is 5.16 Å². The van der Waals surface area contributed by atoms with Crippen molar-refractivity contribution in [3.8, 4) is 0 Å². The van der Waals surface area contributed by atoms with Crippen LogP contribution in [0.5, 0.6) is 0 Å². The Bertz CT molecular complexity index is 597. The zero-order chi connectivity index (χ0) is 16.4. The predicted molar refractivity (Wildman–Crippen MR) is 87.3 cm³/mol. The van der Waals surface area contributed by atoms with Crippen molar-refractivity contribution in [3.05, 3.63) is 5.82 Å². The Morgan fingerprint density at radius 1 is 1.30 bits per heavy atom. The fraction of sp³-hybridized carbons (Fsp3) is 0.733. The van der Waals surface area contributed by atoms with E-state index in [0.29, 0.717) is 19.1 Å². The van der Waals surface area contributed by atoms with Crippen LogP contribution in [0, 0.1) is 6.92 Å². The van der Waals surface area contributed by atoms with Gasteiger partial charge in [0.25, 0.3) is 0 Å². The molecule has 3 amide bonds. The SMILES string of the molecule is Cc1nnc(S[C@@H](C)C(=O)N2CCNC2=O)n1C1CCCCC1. The average Bonchev–Trinajstić information content (AvgIpc) is 3.13. The molecule has 7 nitrogen and oxygen atoms in total. The number of amides is 3. The first kappa shape index (κ1) is 16.3. The number of carbonyl (C=O) groups is 2. The van der Waals surface area contributed by atoms with Gasteiger partial charge in [-0.15, -0.1) is 10.2 Å². The van der Waals surface area contributed by atoms with E-state index in [0.717, 1.165) is 23.8 Å². The van der Waals surface area contributed by atoms with Crippen LogP contribution < -0.4 is 5.32 Å². The van der Waals surface area contributed by atoms with Crippen molar-refractivity contribution in [3.63, 3.8) is 0 Å². The first-order valence-electron chi connectivity index (χ1n) is 8.25. The van der Waals surface area contributed by atoms with E-state index in [-0.39, 0.29) is 17.2 Å². The first-order chi connectivity index (χ1) is 11.1. The molecule has 1 aliphatic carbocycles. The molecule has 1 aliphatic heterocycles. The zero-order valence-corrected chi connectivity index (χ0v) is 14.4. The third-order valence-corrected chi connectivity index (χ3v) is 5.57. The Morgan fingerprint density at radius 3 is 2.70 bits per heavy atom. The molecule has 0 unspecified atom stereocenters. The molecule has 0 spiro atoms. The third kappa shape index (κ3) is 3.36. The second-order valence-corrected chi connectivity index (χ2v) is 7.48. The predicted octanol–water partition coefficient (Wildman–Crippen LogP) is 2.12. The van der Waals surface area contributed by atoms with E-state index in [4.69, 9.17) is 0 Å². The monoisotopic (exact) mass is 337 g/mol. The maximum absolute atomic E-state index is 12.4. The fourth-order valence-corrected chi connectivity index (χ4v) is 4.33. The van der Waals surface area contributed by atoms with Crippen molar-refractivity contribution in [2.24, 2.45) is 0 Å². The molecule has 8 heteroatoms. The molecule has 0 radical (unpaired) electrons.